The maximum absolute atomic E-state index is 11.3. The molecule has 4 nitrogen and oxygen atoms in total. The van der Waals surface area contributed by atoms with Crippen molar-refractivity contribution in [2.24, 2.45) is 0 Å². The molecule has 0 amide bonds. The normalized spacial score (nSPS) is 10.2. The predicted molar refractivity (Wildman–Crippen MR) is 84.0 cm³/mol. The summed E-state index contributed by atoms with van der Waals surface area (Å²) in [5.41, 5.74) is 3.42. The van der Waals surface area contributed by atoms with Crippen molar-refractivity contribution in [3.05, 3.63) is 47.5 Å². The molecule has 4 heteroatoms. The highest BCUT2D eigenvalue weighted by atomic mass is 16.5. The van der Waals surface area contributed by atoms with Crippen molar-refractivity contribution in [3.8, 4) is 22.6 Å². The van der Waals surface area contributed by atoms with Crippen LogP contribution in [0.25, 0.3) is 11.1 Å². The van der Waals surface area contributed by atoms with E-state index in [2.05, 4.69) is 0 Å². The molecule has 0 atom stereocenters. The third-order valence-corrected chi connectivity index (χ3v) is 3.15. The molecule has 0 heterocycles. The van der Waals surface area contributed by atoms with Crippen LogP contribution in [0.5, 0.6) is 11.5 Å². The van der Waals surface area contributed by atoms with Crippen molar-refractivity contribution >= 4 is 11.9 Å². The second-order valence-electron chi connectivity index (χ2n) is 5.13. The Morgan fingerprint density at radius 2 is 1.50 bits per heavy atom. The SMILES string of the molecule is CC(=O)Oc1ccc(C)cc1-c1c(C)cccc1OC(C)=O. The zero-order valence-corrected chi connectivity index (χ0v) is 13.1. The van der Waals surface area contributed by atoms with Crippen LogP contribution in [0.15, 0.2) is 36.4 Å². The lowest BCUT2D eigenvalue weighted by molar-refractivity contribution is -0.132. The lowest BCUT2D eigenvalue weighted by Crippen LogP contribution is -2.06. The van der Waals surface area contributed by atoms with E-state index >= 15 is 0 Å². The molecule has 2 aromatic rings. The van der Waals surface area contributed by atoms with E-state index in [9.17, 15) is 9.59 Å². The molecule has 0 N–H and O–H groups in total. The van der Waals surface area contributed by atoms with Crippen molar-refractivity contribution in [1.82, 2.24) is 0 Å². The topological polar surface area (TPSA) is 52.6 Å². The highest BCUT2D eigenvalue weighted by Gasteiger charge is 2.16. The molecule has 0 unspecified atom stereocenters. The number of rotatable bonds is 3. The summed E-state index contributed by atoms with van der Waals surface area (Å²) in [5.74, 6) is 0.105. The van der Waals surface area contributed by atoms with Gasteiger partial charge >= 0.3 is 11.9 Å². The minimum atomic E-state index is -0.396. The Morgan fingerprint density at radius 3 is 2.14 bits per heavy atom. The molecule has 2 rings (SSSR count). The molecule has 0 aliphatic rings. The van der Waals surface area contributed by atoms with Crippen LogP contribution in [0, 0.1) is 13.8 Å². The minimum absolute atomic E-state index is 0.395. The van der Waals surface area contributed by atoms with E-state index in [-0.39, 0.29) is 0 Å². The zero-order chi connectivity index (χ0) is 16.3. The summed E-state index contributed by atoms with van der Waals surface area (Å²) >= 11 is 0. The molecule has 0 bridgehead atoms. The molecule has 114 valence electrons. The lowest BCUT2D eigenvalue weighted by Gasteiger charge is -2.16. The van der Waals surface area contributed by atoms with E-state index in [1.165, 1.54) is 13.8 Å². The number of ether oxygens (including phenoxy) is 2. The van der Waals surface area contributed by atoms with Gasteiger partial charge in [-0.2, -0.15) is 0 Å². The summed E-state index contributed by atoms with van der Waals surface area (Å²) in [4.78, 5) is 22.7. The Labute approximate surface area is 129 Å². The zero-order valence-electron chi connectivity index (χ0n) is 13.1. The molecule has 22 heavy (non-hydrogen) atoms. The molecule has 0 aliphatic carbocycles. The fourth-order valence-electron chi connectivity index (χ4n) is 2.31. The Hall–Kier alpha value is -2.62. The van der Waals surface area contributed by atoms with Crippen LogP contribution in [-0.4, -0.2) is 11.9 Å². The molecule has 0 spiro atoms. The summed E-state index contributed by atoms with van der Waals surface area (Å²) in [6, 6.07) is 11.0. The lowest BCUT2D eigenvalue weighted by atomic mass is 9.97. The van der Waals surface area contributed by atoms with Gasteiger partial charge in [0.25, 0.3) is 0 Å². The van der Waals surface area contributed by atoms with E-state index in [4.69, 9.17) is 9.47 Å². The minimum Gasteiger partial charge on any atom is -0.426 e. The maximum atomic E-state index is 11.3. The van der Waals surface area contributed by atoms with Crippen LogP contribution >= 0.6 is 0 Å². The predicted octanol–water partition coefficient (Wildman–Crippen LogP) is 3.82. The fourth-order valence-corrected chi connectivity index (χ4v) is 2.31. The first kappa shape index (κ1) is 15.8. The van der Waals surface area contributed by atoms with E-state index in [1.54, 1.807) is 12.1 Å². The van der Waals surface area contributed by atoms with E-state index in [1.807, 2.05) is 38.1 Å². The van der Waals surface area contributed by atoms with E-state index < -0.39 is 11.9 Å². The van der Waals surface area contributed by atoms with Crippen molar-refractivity contribution in [2.75, 3.05) is 0 Å². The summed E-state index contributed by atoms with van der Waals surface area (Å²) in [5, 5.41) is 0. The van der Waals surface area contributed by atoms with Crippen LogP contribution in [-0.2, 0) is 9.59 Å². The van der Waals surface area contributed by atoms with Gasteiger partial charge in [-0.3, -0.25) is 9.59 Å². The maximum Gasteiger partial charge on any atom is 0.308 e. The van der Waals surface area contributed by atoms with Crippen molar-refractivity contribution in [3.63, 3.8) is 0 Å². The average Bonchev–Trinajstić information content (AvgIpc) is 2.40. The summed E-state index contributed by atoms with van der Waals surface area (Å²) in [6.07, 6.45) is 0. The first-order chi connectivity index (χ1) is 10.4. The van der Waals surface area contributed by atoms with Crippen molar-refractivity contribution in [1.29, 1.82) is 0 Å². The van der Waals surface area contributed by atoms with Gasteiger partial charge in [-0.05, 0) is 37.6 Å². The second-order valence-corrected chi connectivity index (χ2v) is 5.13. The van der Waals surface area contributed by atoms with Gasteiger partial charge in [-0.25, -0.2) is 0 Å². The van der Waals surface area contributed by atoms with E-state index in [0.717, 1.165) is 22.3 Å². The number of benzene rings is 2. The highest BCUT2D eigenvalue weighted by molar-refractivity contribution is 5.84. The molecular formula is C18H18O4. The summed E-state index contributed by atoms with van der Waals surface area (Å²) in [7, 11) is 0. The van der Waals surface area contributed by atoms with Crippen LogP contribution < -0.4 is 9.47 Å². The Bertz CT molecular complexity index is 732. The number of carbonyl (C=O) groups excluding carboxylic acids is 2. The second kappa shape index (κ2) is 6.43. The van der Waals surface area contributed by atoms with Gasteiger partial charge in [-0.1, -0.05) is 23.8 Å². The number of carbonyl (C=O) groups is 2. The number of aryl methyl sites for hydroxylation is 2. The van der Waals surface area contributed by atoms with E-state index in [0.29, 0.717) is 11.5 Å². The standard InChI is InChI=1S/C18H18O4/c1-11-8-9-16(21-13(3)19)15(10-11)18-12(2)6-5-7-17(18)22-14(4)20/h5-10H,1-4H3. The first-order valence-corrected chi connectivity index (χ1v) is 6.96. The Kier molecular flexibility index (Phi) is 4.61. The van der Waals surface area contributed by atoms with Gasteiger partial charge in [0.05, 0.1) is 0 Å². The molecule has 0 radical (unpaired) electrons. The monoisotopic (exact) mass is 298 g/mol. The van der Waals surface area contributed by atoms with Crippen molar-refractivity contribution < 1.29 is 19.1 Å². The van der Waals surface area contributed by atoms with Crippen LogP contribution in [0.3, 0.4) is 0 Å². The molecule has 2 aromatic carbocycles. The smallest absolute Gasteiger partial charge is 0.308 e. The van der Waals surface area contributed by atoms with Crippen LogP contribution in [0.1, 0.15) is 25.0 Å². The molecular weight excluding hydrogens is 280 g/mol. The van der Waals surface area contributed by atoms with Gasteiger partial charge < -0.3 is 9.47 Å². The molecule has 0 aliphatic heterocycles. The summed E-state index contributed by atoms with van der Waals surface area (Å²) < 4.78 is 10.6. The quantitative estimate of drug-likeness (QED) is 0.638. The van der Waals surface area contributed by atoms with Crippen LogP contribution in [0.4, 0.5) is 0 Å². The third kappa shape index (κ3) is 3.52. The van der Waals surface area contributed by atoms with Gasteiger partial charge in [0.1, 0.15) is 11.5 Å². The van der Waals surface area contributed by atoms with Crippen molar-refractivity contribution in [2.45, 2.75) is 27.7 Å². The Morgan fingerprint density at radius 1 is 0.864 bits per heavy atom. The number of hydrogen-bond donors (Lipinski definition) is 0. The molecule has 0 fully saturated rings. The average molecular weight is 298 g/mol. The fraction of sp³-hybridized carbons (Fsp3) is 0.222. The first-order valence-electron chi connectivity index (χ1n) is 6.96. The summed E-state index contributed by atoms with van der Waals surface area (Å²) in [6.45, 7) is 6.58. The van der Waals surface area contributed by atoms with Gasteiger partial charge in [-0.15, -0.1) is 0 Å². The third-order valence-electron chi connectivity index (χ3n) is 3.15. The molecule has 0 saturated heterocycles. The van der Waals surface area contributed by atoms with Gasteiger partial charge in [0.15, 0.2) is 0 Å². The number of hydrogen-bond acceptors (Lipinski definition) is 4. The Balaban J connectivity index is 2.67. The van der Waals surface area contributed by atoms with Crippen LogP contribution in [0.2, 0.25) is 0 Å². The van der Waals surface area contributed by atoms with Gasteiger partial charge in [0.2, 0.25) is 0 Å². The highest BCUT2D eigenvalue weighted by Crippen LogP contribution is 2.39. The number of esters is 2. The molecule has 0 aromatic heterocycles. The van der Waals surface area contributed by atoms with Gasteiger partial charge in [0, 0.05) is 25.0 Å². The molecule has 0 saturated carbocycles. The largest absolute Gasteiger partial charge is 0.426 e.